The highest BCUT2D eigenvalue weighted by atomic mass is 79.9. The van der Waals surface area contributed by atoms with Gasteiger partial charge in [0.1, 0.15) is 11.3 Å². The number of imidazole rings is 1. The van der Waals surface area contributed by atoms with Crippen LogP contribution in [-0.4, -0.2) is 14.7 Å². The van der Waals surface area contributed by atoms with E-state index in [4.69, 9.17) is 15.9 Å². The summed E-state index contributed by atoms with van der Waals surface area (Å²) in [4.78, 5) is 4.73. The van der Waals surface area contributed by atoms with Crippen LogP contribution in [0.1, 0.15) is 22.8 Å². The molecule has 0 amide bonds. The molecule has 5 heteroatoms. The van der Waals surface area contributed by atoms with Crippen molar-refractivity contribution in [2.45, 2.75) is 20.4 Å². The number of nitrogens with zero attached hydrogens (tertiary/aromatic N) is 3. The lowest BCUT2D eigenvalue weighted by Gasteiger charge is -2.09. The van der Waals surface area contributed by atoms with E-state index < -0.39 is 0 Å². The molecule has 0 atom stereocenters. The first kappa shape index (κ1) is 16.6. The normalized spacial score (nSPS) is 11.0. The maximum Gasteiger partial charge on any atom is 0.217 e. The Morgan fingerprint density at radius 2 is 1.96 bits per heavy atom. The molecule has 4 rings (SSSR count). The van der Waals surface area contributed by atoms with E-state index in [1.54, 1.807) is 0 Å². The maximum absolute atomic E-state index is 5.58. The number of rotatable bonds is 3. The van der Waals surface area contributed by atoms with Crippen LogP contribution < -0.4 is 0 Å². The second-order valence-electron chi connectivity index (χ2n) is 6.17. The Kier molecular flexibility index (Phi) is 4.14. The predicted octanol–water partition coefficient (Wildman–Crippen LogP) is 5.10. The number of halogens is 1. The van der Waals surface area contributed by atoms with Crippen molar-refractivity contribution in [3.63, 3.8) is 0 Å². The standard InChI is InChI=1S/C21H16BrN3O/c1-4-19-20(13(2)24-26-19)16-10-17(22)21-18(11-16)25(14(3)23-21)12-15-8-6-5-7-9-15/h1,5-11H,12H2,2-3H3. The fourth-order valence-electron chi connectivity index (χ4n) is 3.22. The highest BCUT2D eigenvalue weighted by Gasteiger charge is 2.18. The number of aromatic nitrogens is 3. The summed E-state index contributed by atoms with van der Waals surface area (Å²) in [5, 5.41) is 4.01. The number of fused-ring (bicyclic) bond motifs is 1. The summed E-state index contributed by atoms with van der Waals surface area (Å²) in [6, 6.07) is 14.5. The van der Waals surface area contributed by atoms with Crippen molar-refractivity contribution in [3.05, 3.63) is 69.8 Å². The lowest BCUT2D eigenvalue weighted by Crippen LogP contribution is -2.01. The fraction of sp³-hybridized carbons (Fsp3) is 0.143. The summed E-state index contributed by atoms with van der Waals surface area (Å²) in [5.41, 5.74) is 5.78. The average molecular weight is 406 g/mol. The highest BCUT2D eigenvalue weighted by Crippen LogP contribution is 2.34. The van der Waals surface area contributed by atoms with E-state index >= 15 is 0 Å². The highest BCUT2D eigenvalue weighted by molar-refractivity contribution is 9.10. The van der Waals surface area contributed by atoms with Gasteiger partial charge in [-0.1, -0.05) is 35.5 Å². The molecule has 0 N–H and O–H groups in total. The lowest BCUT2D eigenvalue weighted by molar-refractivity contribution is 0.406. The van der Waals surface area contributed by atoms with E-state index in [0.29, 0.717) is 5.76 Å². The van der Waals surface area contributed by atoms with Crippen LogP contribution >= 0.6 is 15.9 Å². The second-order valence-corrected chi connectivity index (χ2v) is 7.03. The Balaban J connectivity index is 1.92. The van der Waals surface area contributed by atoms with E-state index in [9.17, 15) is 0 Å². The molecule has 4 nitrogen and oxygen atoms in total. The van der Waals surface area contributed by atoms with E-state index in [1.807, 2.05) is 38.1 Å². The van der Waals surface area contributed by atoms with Gasteiger partial charge in [0.2, 0.25) is 5.76 Å². The first-order chi connectivity index (χ1) is 12.6. The van der Waals surface area contributed by atoms with Crippen LogP contribution in [0.25, 0.3) is 22.2 Å². The summed E-state index contributed by atoms with van der Waals surface area (Å²) in [6.07, 6.45) is 5.58. The Morgan fingerprint density at radius 3 is 2.69 bits per heavy atom. The van der Waals surface area contributed by atoms with Crippen LogP contribution in [0.5, 0.6) is 0 Å². The first-order valence-corrected chi connectivity index (χ1v) is 9.01. The summed E-state index contributed by atoms with van der Waals surface area (Å²) >= 11 is 3.66. The summed E-state index contributed by atoms with van der Waals surface area (Å²) in [6.45, 7) is 4.67. The number of benzene rings is 2. The quantitative estimate of drug-likeness (QED) is 0.445. The number of aryl methyl sites for hydroxylation is 2. The number of hydrogen-bond donors (Lipinski definition) is 0. The zero-order chi connectivity index (χ0) is 18.3. The summed E-state index contributed by atoms with van der Waals surface area (Å²) < 4.78 is 8.38. The largest absolute Gasteiger partial charge is 0.347 e. The van der Waals surface area contributed by atoms with Gasteiger partial charge in [-0.25, -0.2) is 4.98 Å². The molecule has 0 saturated heterocycles. The molecule has 0 aliphatic carbocycles. The van der Waals surface area contributed by atoms with Gasteiger partial charge in [0.05, 0.1) is 16.8 Å². The molecule has 0 aliphatic heterocycles. The predicted molar refractivity (Wildman–Crippen MR) is 106 cm³/mol. The topological polar surface area (TPSA) is 43.9 Å². The van der Waals surface area contributed by atoms with Crippen LogP contribution in [0, 0.1) is 26.2 Å². The molecule has 0 aliphatic rings. The Hall–Kier alpha value is -2.84. The maximum atomic E-state index is 5.58. The zero-order valence-corrected chi connectivity index (χ0v) is 16.0. The fourth-order valence-corrected chi connectivity index (χ4v) is 3.75. The van der Waals surface area contributed by atoms with Gasteiger partial charge in [-0.2, -0.15) is 0 Å². The van der Waals surface area contributed by atoms with E-state index in [0.717, 1.165) is 44.7 Å². The minimum atomic E-state index is 0.444. The molecule has 2 aromatic heterocycles. The molecular formula is C21H16BrN3O. The van der Waals surface area contributed by atoms with Crippen molar-refractivity contribution in [3.8, 4) is 23.5 Å². The van der Waals surface area contributed by atoms with Crippen molar-refractivity contribution in [2.24, 2.45) is 0 Å². The van der Waals surface area contributed by atoms with Crippen molar-refractivity contribution in [2.75, 3.05) is 0 Å². The van der Waals surface area contributed by atoms with Crippen LogP contribution in [0.4, 0.5) is 0 Å². The minimum Gasteiger partial charge on any atom is -0.347 e. The minimum absolute atomic E-state index is 0.444. The number of hydrogen-bond acceptors (Lipinski definition) is 3. The molecule has 0 spiro atoms. The molecule has 4 aromatic rings. The average Bonchev–Trinajstić information content (AvgIpc) is 3.17. The molecule has 26 heavy (non-hydrogen) atoms. The molecule has 2 aromatic carbocycles. The van der Waals surface area contributed by atoms with Gasteiger partial charge < -0.3 is 9.09 Å². The zero-order valence-electron chi connectivity index (χ0n) is 14.5. The third kappa shape index (κ3) is 2.73. The van der Waals surface area contributed by atoms with Crippen LogP contribution in [0.2, 0.25) is 0 Å². The Bertz CT molecular complexity index is 1150. The number of terminal acetylenes is 1. The van der Waals surface area contributed by atoms with E-state index in [-0.39, 0.29) is 0 Å². The molecule has 0 bridgehead atoms. The van der Waals surface area contributed by atoms with Crippen LogP contribution in [-0.2, 0) is 6.54 Å². The monoisotopic (exact) mass is 405 g/mol. The first-order valence-electron chi connectivity index (χ1n) is 8.22. The third-order valence-corrected chi connectivity index (χ3v) is 5.07. The third-order valence-electron chi connectivity index (χ3n) is 4.46. The van der Waals surface area contributed by atoms with Gasteiger partial charge in [0.15, 0.2) is 0 Å². The van der Waals surface area contributed by atoms with E-state index in [1.165, 1.54) is 5.56 Å². The molecular weight excluding hydrogens is 390 g/mol. The second kappa shape index (κ2) is 6.47. The van der Waals surface area contributed by atoms with Crippen molar-refractivity contribution < 1.29 is 4.52 Å². The summed E-state index contributed by atoms with van der Waals surface area (Å²) in [5.74, 6) is 3.98. The van der Waals surface area contributed by atoms with Crippen molar-refractivity contribution >= 4 is 27.0 Å². The molecule has 0 fully saturated rings. The van der Waals surface area contributed by atoms with Crippen LogP contribution in [0.3, 0.4) is 0 Å². The summed E-state index contributed by atoms with van der Waals surface area (Å²) in [7, 11) is 0. The molecule has 0 unspecified atom stereocenters. The van der Waals surface area contributed by atoms with Crippen molar-refractivity contribution in [1.29, 1.82) is 0 Å². The van der Waals surface area contributed by atoms with Gasteiger partial charge in [-0.05, 0) is 59.0 Å². The van der Waals surface area contributed by atoms with Gasteiger partial charge in [-0.3, -0.25) is 0 Å². The van der Waals surface area contributed by atoms with Gasteiger partial charge in [0, 0.05) is 11.0 Å². The van der Waals surface area contributed by atoms with E-state index in [2.05, 4.69) is 49.8 Å². The van der Waals surface area contributed by atoms with Gasteiger partial charge in [-0.15, -0.1) is 6.42 Å². The molecule has 0 saturated carbocycles. The Labute approximate surface area is 160 Å². The smallest absolute Gasteiger partial charge is 0.217 e. The lowest BCUT2D eigenvalue weighted by atomic mass is 10.0. The van der Waals surface area contributed by atoms with Gasteiger partial charge in [0.25, 0.3) is 0 Å². The van der Waals surface area contributed by atoms with Crippen LogP contribution in [0.15, 0.2) is 51.5 Å². The molecule has 128 valence electrons. The molecule has 0 radical (unpaired) electrons. The van der Waals surface area contributed by atoms with Crippen molar-refractivity contribution in [1.82, 2.24) is 14.7 Å². The Morgan fingerprint density at radius 1 is 1.19 bits per heavy atom. The molecule has 2 heterocycles. The SMILES string of the molecule is C#Cc1onc(C)c1-c1cc(Br)c2nc(C)n(Cc3ccccc3)c2c1. The van der Waals surface area contributed by atoms with Gasteiger partial charge >= 0.3 is 0 Å².